The number of nitrogens with one attached hydrogen (secondary N) is 2. The molecule has 0 saturated carbocycles. The van der Waals surface area contributed by atoms with Gasteiger partial charge in [0.2, 0.25) is 5.91 Å². The summed E-state index contributed by atoms with van der Waals surface area (Å²) in [6, 6.07) is 21.3. The van der Waals surface area contributed by atoms with Gasteiger partial charge in [0.25, 0.3) is 0 Å². The molecule has 0 radical (unpaired) electrons. The molecule has 4 heterocycles. The van der Waals surface area contributed by atoms with Gasteiger partial charge >= 0.3 is 0 Å². The Hall–Kier alpha value is -3.91. The van der Waals surface area contributed by atoms with Crippen LogP contribution in [0.1, 0.15) is 36.2 Å². The predicted octanol–water partition coefficient (Wildman–Crippen LogP) is 4.66. The molecule has 4 aromatic rings. The summed E-state index contributed by atoms with van der Waals surface area (Å²) >= 11 is 5.80. The van der Waals surface area contributed by atoms with Gasteiger partial charge in [-0.15, -0.1) is 0 Å². The van der Waals surface area contributed by atoms with Crippen LogP contribution in [0.25, 0.3) is 0 Å². The van der Waals surface area contributed by atoms with Gasteiger partial charge < -0.3 is 24.5 Å². The molecular formula is C25H23N5O2S. The standard InChI is InChI=1S/C25H23N5O2S/c1-17(31)27-18-9-11-19(12-10-18)30-24(23(28-25(30)33)21-7-2-3-13-26-21)22-8-4-14-29(22)16-20-6-5-15-32-20/h2-15,23-24H,16H2,1H3,(H,27,31)(H,28,33)/t23-,24-/m0/s1. The summed E-state index contributed by atoms with van der Waals surface area (Å²) in [6.45, 7) is 2.11. The number of hydrogen-bond acceptors (Lipinski definition) is 4. The lowest BCUT2D eigenvalue weighted by atomic mass is 10.0. The second-order valence-corrected chi connectivity index (χ2v) is 8.25. The Morgan fingerprint density at radius 2 is 1.97 bits per heavy atom. The van der Waals surface area contributed by atoms with E-state index in [0.29, 0.717) is 11.7 Å². The van der Waals surface area contributed by atoms with Gasteiger partial charge in [-0.2, -0.15) is 0 Å². The molecular weight excluding hydrogens is 434 g/mol. The van der Waals surface area contributed by atoms with E-state index >= 15 is 0 Å². The van der Waals surface area contributed by atoms with Crippen molar-refractivity contribution >= 4 is 34.6 Å². The summed E-state index contributed by atoms with van der Waals surface area (Å²) in [5.74, 6) is 0.770. The Morgan fingerprint density at radius 3 is 2.67 bits per heavy atom. The number of amides is 1. The third kappa shape index (κ3) is 4.25. The number of benzene rings is 1. The van der Waals surface area contributed by atoms with Crippen molar-refractivity contribution in [3.05, 3.63) is 103 Å². The summed E-state index contributed by atoms with van der Waals surface area (Å²) in [6.07, 6.45) is 5.53. The maximum atomic E-state index is 11.4. The van der Waals surface area contributed by atoms with E-state index in [1.807, 2.05) is 66.9 Å². The molecule has 1 aromatic carbocycles. The molecule has 0 aliphatic carbocycles. The maximum Gasteiger partial charge on any atom is 0.221 e. The van der Waals surface area contributed by atoms with E-state index in [1.165, 1.54) is 6.92 Å². The van der Waals surface area contributed by atoms with Gasteiger partial charge in [0.1, 0.15) is 11.8 Å². The van der Waals surface area contributed by atoms with Crippen molar-refractivity contribution in [2.45, 2.75) is 25.6 Å². The average Bonchev–Trinajstić information content (AvgIpc) is 3.55. The van der Waals surface area contributed by atoms with Gasteiger partial charge in [0, 0.05) is 36.4 Å². The van der Waals surface area contributed by atoms with Crippen molar-refractivity contribution in [3.8, 4) is 0 Å². The molecule has 7 nitrogen and oxygen atoms in total. The number of aromatic nitrogens is 2. The Bertz CT molecular complexity index is 1250. The highest BCUT2D eigenvalue weighted by Crippen LogP contribution is 2.42. The lowest BCUT2D eigenvalue weighted by molar-refractivity contribution is -0.114. The minimum absolute atomic E-state index is 0.107. The van der Waals surface area contributed by atoms with Crippen LogP contribution in [0.15, 0.2) is 89.8 Å². The number of carbonyl (C=O) groups excluding carboxylic acids is 1. The van der Waals surface area contributed by atoms with Gasteiger partial charge in [-0.1, -0.05) is 6.07 Å². The second kappa shape index (κ2) is 8.91. The summed E-state index contributed by atoms with van der Waals surface area (Å²) < 4.78 is 7.77. The zero-order chi connectivity index (χ0) is 22.8. The molecule has 0 unspecified atom stereocenters. The van der Waals surface area contributed by atoms with Crippen LogP contribution in [0, 0.1) is 0 Å². The molecule has 1 saturated heterocycles. The Balaban J connectivity index is 1.56. The number of thiocarbonyl (C=S) groups is 1. The third-order valence-electron chi connectivity index (χ3n) is 5.64. The van der Waals surface area contributed by atoms with Crippen molar-refractivity contribution in [1.82, 2.24) is 14.9 Å². The normalized spacial score (nSPS) is 17.7. The molecule has 8 heteroatoms. The molecule has 3 aromatic heterocycles. The number of hydrogen-bond donors (Lipinski definition) is 2. The highest BCUT2D eigenvalue weighted by Gasteiger charge is 2.42. The quantitative estimate of drug-likeness (QED) is 0.410. The van der Waals surface area contributed by atoms with E-state index in [1.54, 1.807) is 12.5 Å². The number of furan rings is 1. The Morgan fingerprint density at radius 1 is 1.12 bits per heavy atom. The number of rotatable bonds is 6. The van der Waals surface area contributed by atoms with Crippen LogP contribution in [0.4, 0.5) is 11.4 Å². The lowest BCUT2D eigenvalue weighted by Crippen LogP contribution is -2.30. The molecule has 2 N–H and O–H groups in total. The van der Waals surface area contributed by atoms with Crippen molar-refractivity contribution in [2.75, 3.05) is 10.2 Å². The van der Waals surface area contributed by atoms with E-state index in [4.69, 9.17) is 16.6 Å². The first-order valence-electron chi connectivity index (χ1n) is 10.7. The van der Waals surface area contributed by atoms with Crippen LogP contribution in [-0.2, 0) is 11.3 Å². The van der Waals surface area contributed by atoms with Crippen LogP contribution in [-0.4, -0.2) is 20.6 Å². The molecule has 0 bridgehead atoms. The first kappa shape index (κ1) is 21.0. The highest BCUT2D eigenvalue weighted by molar-refractivity contribution is 7.80. The molecule has 5 rings (SSSR count). The number of anilines is 2. The van der Waals surface area contributed by atoms with Gasteiger partial charge in [-0.05, 0) is 72.9 Å². The fourth-order valence-electron chi connectivity index (χ4n) is 4.25. The van der Waals surface area contributed by atoms with E-state index < -0.39 is 0 Å². The maximum absolute atomic E-state index is 11.4. The molecule has 33 heavy (non-hydrogen) atoms. The van der Waals surface area contributed by atoms with Gasteiger partial charge in [0.05, 0.1) is 24.5 Å². The van der Waals surface area contributed by atoms with Crippen LogP contribution >= 0.6 is 12.2 Å². The Labute approximate surface area is 197 Å². The summed E-state index contributed by atoms with van der Waals surface area (Å²) in [4.78, 5) is 18.1. The summed E-state index contributed by atoms with van der Waals surface area (Å²) in [7, 11) is 0. The van der Waals surface area contributed by atoms with Crippen LogP contribution in [0.3, 0.4) is 0 Å². The van der Waals surface area contributed by atoms with Crippen LogP contribution in [0.5, 0.6) is 0 Å². The van der Waals surface area contributed by atoms with Crippen LogP contribution in [0.2, 0.25) is 0 Å². The monoisotopic (exact) mass is 457 g/mol. The smallest absolute Gasteiger partial charge is 0.221 e. The summed E-state index contributed by atoms with van der Waals surface area (Å²) in [5, 5.41) is 6.91. The van der Waals surface area contributed by atoms with Crippen molar-refractivity contribution < 1.29 is 9.21 Å². The summed E-state index contributed by atoms with van der Waals surface area (Å²) in [5.41, 5.74) is 3.66. The topological polar surface area (TPSA) is 75.3 Å². The minimum Gasteiger partial charge on any atom is -0.467 e. The zero-order valence-corrected chi connectivity index (χ0v) is 18.8. The van der Waals surface area contributed by atoms with Crippen molar-refractivity contribution in [3.63, 3.8) is 0 Å². The van der Waals surface area contributed by atoms with E-state index in [2.05, 4.69) is 31.2 Å². The van der Waals surface area contributed by atoms with Crippen molar-refractivity contribution in [1.29, 1.82) is 0 Å². The number of nitrogens with zero attached hydrogens (tertiary/aromatic N) is 3. The fourth-order valence-corrected chi connectivity index (χ4v) is 4.60. The fraction of sp³-hybridized carbons (Fsp3) is 0.160. The minimum atomic E-state index is -0.140. The van der Waals surface area contributed by atoms with E-state index in [9.17, 15) is 4.79 Å². The second-order valence-electron chi connectivity index (χ2n) is 7.86. The molecule has 1 aliphatic heterocycles. The number of pyridine rings is 1. The molecule has 1 fully saturated rings. The van der Waals surface area contributed by atoms with Gasteiger partial charge in [-0.3, -0.25) is 9.78 Å². The van der Waals surface area contributed by atoms with Crippen LogP contribution < -0.4 is 15.5 Å². The Kier molecular flexibility index (Phi) is 5.66. The number of carbonyl (C=O) groups is 1. The molecule has 166 valence electrons. The first-order valence-corrected chi connectivity index (χ1v) is 11.1. The first-order chi connectivity index (χ1) is 16.1. The lowest BCUT2D eigenvalue weighted by Gasteiger charge is -2.29. The van der Waals surface area contributed by atoms with Gasteiger partial charge in [0.15, 0.2) is 5.11 Å². The molecule has 0 spiro atoms. The average molecular weight is 458 g/mol. The van der Waals surface area contributed by atoms with E-state index in [-0.39, 0.29) is 18.0 Å². The molecule has 1 aliphatic rings. The zero-order valence-electron chi connectivity index (χ0n) is 18.0. The molecule has 1 amide bonds. The largest absolute Gasteiger partial charge is 0.467 e. The van der Waals surface area contributed by atoms with E-state index in [0.717, 1.165) is 28.5 Å². The molecule has 2 atom stereocenters. The van der Waals surface area contributed by atoms with Gasteiger partial charge in [-0.25, -0.2) is 0 Å². The highest BCUT2D eigenvalue weighted by atomic mass is 32.1. The predicted molar refractivity (Wildman–Crippen MR) is 131 cm³/mol. The van der Waals surface area contributed by atoms with Crippen molar-refractivity contribution in [2.24, 2.45) is 0 Å². The SMILES string of the molecule is CC(=O)Nc1ccc(N2C(=S)N[C@@H](c3ccccn3)[C@@H]2c2cccn2Cc2ccco2)cc1. The third-order valence-corrected chi connectivity index (χ3v) is 5.95.